The Hall–Kier alpha value is -1.46. The highest BCUT2D eigenvalue weighted by Gasteiger charge is 2.40. The third-order valence-corrected chi connectivity index (χ3v) is 4.05. The molecule has 0 radical (unpaired) electrons. The van der Waals surface area contributed by atoms with Crippen molar-refractivity contribution in [3.63, 3.8) is 0 Å². The molecule has 2 rings (SSSR count). The Kier molecular flexibility index (Phi) is 4.40. The smallest absolute Gasteiger partial charge is 0.324 e. The number of hydrogen-bond acceptors (Lipinski definition) is 3. The summed E-state index contributed by atoms with van der Waals surface area (Å²) < 4.78 is 13.3. The number of rotatable bonds is 4. The summed E-state index contributed by atoms with van der Waals surface area (Å²) in [6.07, 6.45) is 0.378. The van der Waals surface area contributed by atoms with Crippen LogP contribution in [0.2, 0.25) is 0 Å². The average Bonchev–Trinajstić information content (AvgIpc) is 2.43. The number of benzene rings is 1. The van der Waals surface area contributed by atoms with Gasteiger partial charge in [-0.3, -0.25) is 9.69 Å². The van der Waals surface area contributed by atoms with Gasteiger partial charge in [0.25, 0.3) is 0 Å². The Labute approximate surface area is 118 Å². The summed E-state index contributed by atoms with van der Waals surface area (Å²) in [7, 11) is 0. The van der Waals surface area contributed by atoms with E-state index in [0.29, 0.717) is 25.1 Å². The minimum absolute atomic E-state index is 0.257. The fourth-order valence-corrected chi connectivity index (χ4v) is 2.70. The van der Waals surface area contributed by atoms with Crippen LogP contribution in [-0.2, 0) is 11.2 Å². The molecule has 1 atom stereocenters. The maximum Gasteiger partial charge on any atom is 0.324 e. The fourth-order valence-electron chi connectivity index (χ4n) is 2.70. The van der Waals surface area contributed by atoms with Gasteiger partial charge in [-0.25, -0.2) is 4.39 Å². The van der Waals surface area contributed by atoms with Crippen molar-refractivity contribution in [1.29, 1.82) is 0 Å². The van der Waals surface area contributed by atoms with Crippen molar-refractivity contribution in [3.8, 4) is 0 Å². The zero-order valence-electron chi connectivity index (χ0n) is 11.9. The van der Waals surface area contributed by atoms with Gasteiger partial charge >= 0.3 is 5.97 Å². The van der Waals surface area contributed by atoms with Crippen LogP contribution >= 0.6 is 0 Å². The first kappa shape index (κ1) is 14.9. The average molecular weight is 280 g/mol. The van der Waals surface area contributed by atoms with Crippen molar-refractivity contribution >= 4 is 5.97 Å². The molecule has 0 aromatic heterocycles. The summed E-state index contributed by atoms with van der Waals surface area (Å²) in [5.74, 6) is -1.09. The second kappa shape index (κ2) is 5.89. The van der Waals surface area contributed by atoms with Gasteiger partial charge in [0, 0.05) is 32.6 Å². The van der Waals surface area contributed by atoms with E-state index in [-0.39, 0.29) is 5.82 Å². The predicted octanol–water partition coefficient (Wildman–Crippen LogP) is 1.43. The highest BCUT2D eigenvalue weighted by Crippen LogP contribution is 2.23. The van der Waals surface area contributed by atoms with Gasteiger partial charge in [0.05, 0.1) is 0 Å². The number of carboxylic acid groups (broad SMARTS) is 1. The molecule has 2 N–H and O–H groups in total. The van der Waals surface area contributed by atoms with Gasteiger partial charge in [-0.15, -0.1) is 0 Å². The zero-order valence-corrected chi connectivity index (χ0v) is 11.9. The minimum atomic E-state index is -0.952. The Morgan fingerprint density at radius 1 is 1.45 bits per heavy atom. The molecule has 1 aliphatic rings. The van der Waals surface area contributed by atoms with Gasteiger partial charge in [0.1, 0.15) is 11.4 Å². The lowest BCUT2D eigenvalue weighted by atomic mass is 9.89. The number of halogens is 1. The van der Waals surface area contributed by atoms with Gasteiger partial charge in [-0.2, -0.15) is 0 Å². The normalized spacial score (nSPS) is 19.6. The molecule has 1 unspecified atom stereocenters. The minimum Gasteiger partial charge on any atom is -0.480 e. The lowest BCUT2D eigenvalue weighted by Gasteiger charge is -2.40. The van der Waals surface area contributed by atoms with Crippen LogP contribution in [0.15, 0.2) is 18.2 Å². The highest BCUT2D eigenvalue weighted by atomic mass is 19.1. The van der Waals surface area contributed by atoms with E-state index >= 15 is 0 Å². The van der Waals surface area contributed by atoms with Crippen LogP contribution in [0, 0.1) is 12.7 Å². The molecule has 0 amide bonds. The van der Waals surface area contributed by atoms with Crippen LogP contribution in [0.3, 0.4) is 0 Å². The summed E-state index contributed by atoms with van der Waals surface area (Å²) in [4.78, 5) is 13.7. The van der Waals surface area contributed by atoms with Crippen LogP contribution in [0.1, 0.15) is 18.1 Å². The van der Waals surface area contributed by atoms with Crippen molar-refractivity contribution in [1.82, 2.24) is 10.2 Å². The van der Waals surface area contributed by atoms with Crippen molar-refractivity contribution in [2.24, 2.45) is 0 Å². The van der Waals surface area contributed by atoms with Gasteiger partial charge in [0.15, 0.2) is 0 Å². The van der Waals surface area contributed by atoms with E-state index in [1.165, 1.54) is 6.07 Å². The van der Waals surface area contributed by atoms with Crippen molar-refractivity contribution in [2.75, 3.05) is 26.2 Å². The Morgan fingerprint density at radius 3 is 2.65 bits per heavy atom. The maximum atomic E-state index is 13.3. The molecule has 1 fully saturated rings. The first-order chi connectivity index (χ1) is 9.43. The molecule has 0 saturated carbocycles. The first-order valence-corrected chi connectivity index (χ1v) is 6.88. The molecule has 1 aromatic carbocycles. The first-order valence-electron chi connectivity index (χ1n) is 6.88. The number of nitrogens with zero attached hydrogens (tertiary/aromatic N) is 1. The van der Waals surface area contributed by atoms with E-state index in [0.717, 1.165) is 18.7 Å². The molecule has 4 nitrogen and oxygen atoms in total. The third kappa shape index (κ3) is 2.99. The summed E-state index contributed by atoms with van der Waals surface area (Å²) in [5.41, 5.74) is 0.453. The highest BCUT2D eigenvalue weighted by molar-refractivity contribution is 5.78. The van der Waals surface area contributed by atoms with Crippen LogP contribution in [0.4, 0.5) is 4.39 Å². The van der Waals surface area contributed by atoms with Gasteiger partial charge in [0.2, 0.25) is 0 Å². The standard InChI is InChI=1S/C15H21FN2O2/c1-11-9-12(3-4-13(11)16)10-15(2,14(19)20)18-7-5-17-6-8-18/h3-4,9,17H,5-8,10H2,1-2H3,(H,19,20). The summed E-state index contributed by atoms with van der Waals surface area (Å²) in [6, 6.07) is 4.81. The van der Waals surface area contributed by atoms with E-state index in [9.17, 15) is 14.3 Å². The molecular weight excluding hydrogens is 259 g/mol. The molecule has 0 spiro atoms. The Morgan fingerprint density at radius 2 is 2.10 bits per heavy atom. The predicted molar refractivity (Wildman–Crippen MR) is 75.3 cm³/mol. The van der Waals surface area contributed by atoms with E-state index < -0.39 is 11.5 Å². The second-order valence-electron chi connectivity index (χ2n) is 5.58. The van der Waals surface area contributed by atoms with Crippen LogP contribution in [0.5, 0.6) is 0 Å². The molecule has 1 saturated heterocycles. The maximum absolute atomic E-state index is 13.3. The van der Waals surface area contributed by atoms with E-state index in [1.54, 1.807) is 26.0 Å². The number of aliphatic carboxylic acids is 1. The molecule has 1 heterocycles. The van der Waals surface area contributed by atoms with Crippen LogP contribution in [0.25, 0.3) is 0 Å². The fraction of sp³-hybridized carbons (Fsp3) is 0.533. The lowest BCUT2D eigenvalue weighted by Crippen LogP contribution is -2.59. The number of carboxylic acids is 1. The van der Waals surface area contributed by atoms with E-state index in [4.69, 9.17) is 0 Å². The quantitative estimate of drug-likeness (QED) is 0.876. The van der Waals surface area contributed by atoms with Gasteiger partial charge < -0.3 is 10.4 Å². The van der Waals surface area contributed by atoms with Gasteiger partial charge in [-0.1, -0.05) is 12.1 Å². The van der Waals surface area contributed by atoms with Crippen molar-refractivity contribution < 1.29 is 14.3 Å². The van der Waals surface area contributed by atoms with Crippen molar-refractivity contribution in [3.05, 3.63) is 35.1 Å². The number of nitrogens with one attached hydrogen (secondary N) is 1. The van der Waals surface area contributed by atoms with Crippen LogP contribution < -0.4 is 5.32 Å². The SMILES string of the molecule is Cc1cc(CC(C)(C(=O)O)N2CCNCC2)ccc1F. The Balaban J connectivity index is 2.23. The number of carbonyl (C=O) groups is 1. The molecule has 0 aliphatic carbocycles. The molecule has 110 valence electrons. The molecule has 20 heavy (non-hydrogen) atoms. The topological polar surface area (TPSA) is 52.6 Å². The van der Waals surface area contributed by atoms with Crippen molar-refractivity contribution in [2.45, 2.75) is 25.8 Å². The lowest BCUT2D eigenvalue weighted by molar-refractivity contribution is -0.151. The number of aryl methyl sites for hydroxylation is 1. The summed E-state index contributed by atoms with van der Waals surface area (Å²) in [5, 5.41) is 12.9. The molecule has 1 aliphatic heterocycles. The summed E-state index contributed by atoms with van der Waals surface area (Å²) >= 11 is 0. The molecular formula is C15H21FN2O2. The third-order valence-electron chi connectivity index (χ3n) is 4.05. The van der Waals surface area contributed by atoms with Crippen LogP contribution in [-0.4, -0.2) is 47.7 Å². The monoisotopic (exact) mass is 280 g/mol. The molecule has 1 aromatic rings. The summed E-state index contributed by atoms with van der Waals surface area (Å²) in [6.45, 7) is 6.46. The van der Waals surface area contributed by atoms with Gasteiger partial charge in [-0.05, 0) is 31.0 Å². The molecule has 5 heteroatoms. The largest absolute Gasteiger partial charge is 0.480 e. The number of hydrogen-bond donors (Lipinski definition) is 2. The Bertz CT molecular complexity index is 501. The second-order valence-corrected chi connectivity index (χ2v) is 5.58. The van der Waals surface area contributed by atoms with E-state index in [1.807, 2.05) is 4.90 Å². The number of piperazine rings is 1. The molecule has 0 bridgehead atoms. The van der Waals surface area contributed by atoms with E-state index in [2.05, 4.69) is 5.32 Å². The zero-order chi connectivity index (χ0) is 14.8.